The molecule has 1 unspecified atom stereocenters. The summed E-state index contributed by atoms with van der Waals surface area (Å²) in [6.07, 6.45) is 0. The maximum atomic E-state index is 5.98. The second-order valence-electron chi connectivity index (χ2n) is 3.82. The highest BCUT2D eigenvalue weighted by Gasteiger charge is 2.20. The summed E-state index contributed by atoms with van der Waals surface area (Å²) in [6, 6.07) is 6.30. The van der Waals surface area contributed by atoms with Crippen LogP contribution in [0.25, 0.3) is 0 Å². The molecule has 0 bridgehead atoms. The molecule has 1 aliphatic rings. The van der Waals surface area contributed by atoms with Gasteiger partial charge in [-0.15, -0.1) is 0 Å². The van der Waals surface area contributed by atoms with Gasteiger partial charge >= 0.3 is 0 Å². The fourth-order valence-corrected chi connectivity index (χ4v) is 3.07. The van der Waals surface area contributed by atoms with E-state index < -0.39 is 0 Å². The molecule has 1 aromatic carbocycles. The van der Waals surface area contributed by atoms with Gasteiger partial charge in [0.25, 0.3) is 0 Å². The Hall–Kier alpha value is -0.540. The first-order valence-electron chi connectivity index (χ1n) is 5.08. The fraction of sp³-hybridized carbons (Fsp3) is 0.455. The highest BCUT2D eigenvalue weighted by molar-refractivity contribution is 7.99. The van der Waals surface area contributed by atoms with Crippen LogP contribution in [0.5, 0.6) is 0 Å². The second-order valence-corrected chi connectivity index (χ2v) is 5.41. The van der Waals surface area contributed by atoms with Gasteiger partial charge in [-0.1, -0.05) is 11.6 Å². The Labute approximate surface area is 99.8 Å². The first kappa shape index (κ1) is 11.0. The summed E-state index contributed by atoms with van der Waals surface area (Å²) in [7, 11) is 0. The van der Waals surface area contributed by atoms with E-state index in [1.54, 1.807) is 0 Å². The third kappa shape index (κ3) is 2.34. The molecule has 15 heavy (non-hydrogen) atoms. The molecule has 0 spiro atoms. The Balaban J connectivity index is 2.27. The molecule has 2 rings (SSSR count). The van der Waals surface area contributed by atoms with E-state index in [1.165, 1.54) is 11.5 Å². The quantitative estimate of drug-likeness (QED) is 0.768. The van der Waals surface area contributed by atoms with Gasteiger partial charge in [0.2, 0.25) is 0 Å². The summed E-state index contributed by atoms with van der Waals surface area (Å²) in [5.74, 6) is 2.34. The lowest BCUT2D eigenvalue weighted by atomic mass is 10.2. The van der Waals surface area contributed by atoms with Crippen LogP contribution in [0.2, 0.25) is 5.02 Å². The zero-order chi connectivity index (χ0) is 10.8. The molecule has 2 nitrogen and oxygen atoms in total. The molecule has 82 valence electrons. The standard InChI is InChI=1S/C11H15ClN2S/c1-8-7-15-5-4-14(8)11-3-2-9(12)6-10(11)13/h2-3,6,8H,4-5,7,13H2,1H3. The van der Waals surface area contributed by atoms with E-state index in [1.807, 2.05) is 30.0 Å². The minimum Gasteiger partial charge on any atom is -0.397 e. The van der Waals surface area contributed by atoms with Crippen molar-refractivity contribution in [2.75, 3.05) is 28.7 Å². The van der Waals surface area contributed by atoms with E-state index in [0.717, 1.165) is 17.9 Å². The van der Waals surface area contributed by atoms with Gasteiger partial charge in [0.15, 0.2) is 0 Å². The van der Waals surface area contributed by atoms with Gasteiger partial charge in [-0.05, 0) is 25.1 Å². The molecule has 0 saturated carbocycles. The Morgan fingerprint density at radius 1 is 1.53 bits per heavy atom. The average Bonchev–Trinajstić information content (AvgIpc) is 2.20. The van der Waals surface area contributed by atoms with Gasteiger partial charge in [-0.3, -0.25) is 0 Å². The predicted molar refractivity (Wildman–Crippen MR) is 70.0 cm³/mol. The zero-order valence-corrected chi connectivity index (χ0v) is 10.3. The van der Waals surface area contributed by atoms with Crippen LogP contribution in [0.15, 0.2) is 18.2 Å². The van der Waals surface area contributed by atoms with Crippen molar-refractivity contribution in [2.24, 2.45) is 0 Å². The van der Waals surface area contributed by atoms with Crippen LogP contribution in [0.4, 0.5) is 11.4 Å². The number of rotatable bonds is 1. The molecular formula is C11H15ClN2S. The van der Waals surface area contributed by atoms with Crippen molar-refractivity contribution in [3.05, 3.63) is 23.2 Å². The number of thioether (sulfide) groups is 1. The Morgan fingerprint density at radius 3 is 3.00 bits per heavy atom. The average molecular weight is 243 g/mol. The Bertz CT molecular complexity index is 356. The molecule has 1 atom stereocenters. The summed E-state index contributed by atoms with van der Waals surface area (Å²) in [5.41, 5.74) is 7.88. The minimum atomic E-state index is 0.548. The smallest absolute Gasteiger partial charge is 0.0603 e. The van der Waals surface area contributed by atoms with E-state index >= 15 is 0 Å². The van der Waals surface area contributed by atoms with E-state index in [-0.39, 0.29) is 0 Å². The van der Waals surface area contributed by atoms with Crippen LogP contribution in [0.3, 0.4) is 0 Å². The monoisotopic (exact) mass is 242 g/mol. The first-order chi connectivity index (χ1) is 7.18. The van der Waals surface area contributed by atoms with Gasteiger partial charge < -0.3 is 10.6 Å². The maximum Gasteiger partial charge on any atom is 0.0603 e. The summed E-state index contributed by atoms with van der Waals surface area (Å²) >= 11 is 7.89. The molecule has 0 aliphatic carbocycles. The van der Waals surface area contributed by atoms with E-state index in [9.17, 15) is 0 Å². The number of anilines is 2. The van der Waals surface area contributed by atoms with Crippen LogP contribution in [0, 0.1) is 0 Å². The largest absolute Gasteiger partial charge is 0.397 e. The summed E-state index contributed by atoms with van der Waals surface area (Å²) in [4.78, 5) is 2.36. The van der Waals surface area contributed by atoms with Crippen molar-refractivity contribution < 1.29 is 0 Å². The number of hydrogen-bond donors (Lipinski definition) is 1. The van der Waals surface area contributed by atoms with Gasteiger partial charge in [0, 0.05) is 29.1 Å². The lowest BCUT2D eigenvalue weighted by molar-refractivity contribution is 0.701. The zero-order valence-electron chi connectivity index (χ0n) is 8.74. The minimum absolute atomic E-state index is 0.548. The molecule has 1 fully saturated rings. The van der Waals surface area contributed by atoms with E-state index in [0.29, 0.717) is 11.1 Å². The lowest BCUT2D eigenvalue weighted by Crippen LogP contribution is -2.40. The van der Waals surface area contributed by atoms with Crippen molar-refractivity contribution in [1.29, 1.82) is 0 Å². The lowest BCUT2D eigenvalue weighted by Gasteiger charge is -2.35. The van der Waals surface area contributed by atoms with Crippen molar-refractivity contribution in [1.82, 2.24) is 0 Å². The predicted octanol–water partition coefficient (Wildman–Crippen LogP) is 2.86. The number of halogens is 1. The second kappa shape index (κ2) is 4.54. The van der Waals surface area contributed by atoms with Crippen molar-refractivity contribution in [2.45, 2.75) is 13.0 Å². The van der Waals surface area contributed by atoms with E-state index in [4.69, 9.17) is 17.3 Å². The van der Waals surface area contributed by atoms with Crippen molar-refractivity contribution >= 4 is 34.7 Å². The van der Waals surface area contributed by atoms with Crippen molar-refractivity contribution in [3.8, 4) is 0 Å². The Kier molecular flexibility index (Phi) is 3.32. The molecule has 0 aromatic heterocycles. The number of nitrogen functional groups attached to an aromatic ring is 1. The first-order valence-corrected chi connectivity index (χ1v) is 6.61. The van der Waals surface area contributed by atoms with Crippen LogP contribution in [-0.4, -0.2) is 24.1 Å². The van der Waals surface area contributed by atoms with Crippen molar-refractivity contribution in [3.63, 3.8) is 0 Å². The maximum absolute atomic E-state index is 5.98. The normalized spacial score (nSPS) is 21.7. The van der Waals surface area contributed by atoms with Crippen LogP contribution in [-0.2, 0) is 0 Å². The van der Waals surface area contributed by atoms with Crippen LogP contribution in [0.1, 0.15) is 6.92 Å². The SMILES string of the molecule is CC1CSCCN1c1ccc(Cl)cc1N. The number of nitrogens with two attached hydrogens (primary N) is 1. The van der Waals surface area contributed by atoms with Gasteiger partial charge in [0.05, 0.1) is 11.4 Å². The molecule has 2 N–H and O–H groups in total. The molecule has 4 heteroatoms. The molecule has 1 heterocycles. The molecule has 1 saturated heterocycles. The highest BCUT2D eigenvalue weighted by atomic mass is 35.5. The molecular weight excluding hydrogens is 228 g/mol. The Morgan fingerprint density at radius 2 is 2.33 bits per heavy atom. The number of benzene rings is 1. The summed E-state index contributed by atoms with van der Waals surface area (Å²) in [6.45, 7) is 3.30. The van der Waals surface area contributed by atoms with Gasteiger partial charge in [0.1, 0.15) is 0 Å². The molecule has 0 radical (unpaired) electrons. The topological polar surface area (TPSA) is 29.3 Å². The van der Waals surface area contributed by atoms with Gasteiger partial charge in [-0.2, -0.15) is 11.8 Å². The number of nitrogens with zero attached hydrogens (tertiary/aromatic N) is 1. The highest BCUT2D eigenvalue weighted by Crippen LogP contribution is 2.30. The van der Waals surface area contributed by atoms with E-state index in [2.05, 4.69) is 11.8 Å². The van der Waals surface area contributed by atoms with Crippen LogP contribution < -0.4 is 10.6 Å². The third-order valence-electron chi connectivity index (χ3n) is 2.67. The third-order valence-corrected chi connectivity index (χ3v) is 4.09. The summed E-state index contributed by atoms with van der Waals surface area (Å²) in [5, 5.41) is 0.704. The van der Waals surface area contributed by atoms with Crippen LogP contribution >= 0.6 is 23.4 Å². The summed E-state index contributed by atoms with van der Waals surface area (Å²) < 4.78 is 0. The molecule has 0 amide bonds. The number of hydrogen-bond acceptors (Lipinski definition) is 3. The van der Waals surface area contributed by atoms with Gasteiger partial charge in [-0.25, -0.2) is 0 Å². The fourth-order valence-electron chi connectivity index (χ4n) is 1.87. The molecule has 1 aliphatic heterocycles. The molecule has 1 aromatic rings.